The molecule has 0 spiro atoms. The number of carbonyl (C=O) groups excluding carboxylic acids is 2. The van der Waals surface area contributed by atoms with Crippen molar-refractivity contribution in [2.24, 2.45) is 23.5 Å². The summed E-state index contributed by atoms with van der Waals surface area (Å²) in [5, 5.41) is 15.5. The molecular formula is C31H46N4O4. The van der Waals surface area contributed by atoms with Gasteiger partial charge in [-0.25, -0.2) is 4.98 Å². The first-order valence-electron chi connectivity index (χ1n) is 15.3. The van der Waals surface area contributed by atoms with Crippen LogP contribution in [0.25, 0.3) is 11.0 Å². The minimum atomic E-state index is -0.519. The average molecular weight is 539 g/mol. The fourth-order valence-electron chi connectivity index (χ4n) is 7.76. The molecule has 0 radical (unpaired) electrons. The van der Waals surface area contributed by atoms with Crippen LogP contribution in [0.2, 0.25) is 0 Å². The van der Waals surface area contributed by atoms with Gasteiger partial charge < -0.3 is 20.9 Å². The molecule has 4 aliphatic rings. The number of nitrogens with one attached hydrogen (secondary N) is 1. The Labute approximate surface area is 232 Å². The highest BCUT2D eigenvalue weighted by molar-refractivity contribution is 6.06. The monoisotopic (exact) mass is 538 g/mol. The molecule has 0 aliphatic heterocycles. The van der Waals surface area contributed by atoms with Gasteiger partial charge in [-0.3, -0.25) is 14.2 Å². The Morgan fingerprint density at radius 2 is 1.74 bits per heavy atom. The number of rotatable bonds is 15. The van der Waals surface area contributed by atoms with E-state index in [9.17, 15) is 14.7 Å². The van der Waals surface area contributed by atoms with Crippen LogP contribution in [-0.4, -0.2) is 38.2 Å². The van der Waals surface area contributed by atoms with Gasteiger partial charge in [-0.1, -0.05) is 58.3 Å². The number of anilines is 1. The number of aliphatic hydroxyl groups is 1. The van der Waals surface area contributed by atoms with Crippen LogP contribution in [0.3, 0.4) is 0 Å². The molecule has 6 rings (SSSR count). The van der Waals surface area contributed by atoms with E-state index in [0.717, 1.165) is 50.3 Å². The number of unbranched alkanes of at least 4 members (excludes halogenated alkanes) is 8. The van der Waals surface area contributed by atoms with E-state index in [1.54, 1.807) is 4.57 Å². The van der Waals surface area contributed by atoms with E-state index in [-0.39, 0.29) is 18.7 Å². The number of ether oxygens (including phenoxy) is 1. The Hall–Kier alpha value is -2.61. The van der Waals surface area contributed by atoms with E-state index in [0.29, 0.717) is 41.1 Å². The Kier molecular flexibility index (Phi) is 8.79. The molecule has 1 amide bonds. The number of nitrogens with zero attached hydrogens (tertiary/aromatic N) is 2. The lowest BCUT2D eigenvalue weighted by atomic mass is 9.52. The maximum atomic E-state index is 12.4. The summed E-state index contributed by atoms with van der Waals surface area (Å²) in [5.41, 5.74) is 6.96. The van der Waals surface area contributed by atoms with Gasteiger partial charge in [0.05, 0.1) is 16.9 Å². The lowest BCUT2D eigenvalue weighted by Gasteiger charge is -2.58. The van der Waals surface area contributed by atoms with Crippen molar-refractivity contribution in [1.82, 2.24) is 9.55 Å². The van der Waals surface area contributed by atoms with Crippen LogP contribution < -0.4 is 11.1 Å². The maximum absolute atomic E-state index is 12.4. The largest absolute Gasteiger partial charge is 0.444 e. The first-order chi connectivity index (χ1) is 18.9. The number of pyridine rings is 1. The molecule has 2 atom stereocenters. The van der Waals surface area contributed by atoms with Gasteiger partial charge in [-0.05, 0) is 62.3 Å². The van der Waals surface area contributed by atoms with Gasteiger partial charge in [0.25, 0.3) is 5.91 Å². The van der Waals surface area contributed by atoms with Gasteiger partial charge in [-0.2, -0.15) is 0 Å². The van der Waals surface area contributed by atoms with Gasteiger partial charge in [0.15, 0.2) is 6.73 Å². The Bertz CT molecular complexity index is 1140. The van der Waals surface area contributed by atoms with Crippen molar-refractivity contribution in [1.29, 1.82) is 0 Å². The molecule has 39 heavy (non-hydrogen) atoms. The zero-order chi connectivity index (χ0) is 27.4. The second kappa shape index (κ2) is 12.3. The van der Waals surface area contributed by atoms with E-state index >= 15 is 0 Å². The van der Waals surface area contributed by atoms with Gasteiger partial charge >= 0.3 is 5.97 Å². The van der Waals surface area contributed by atoms with E-state index in [1.165, 1.54) is 51.1 Å². The first-order valence-corrected chi connectivity index (χ1v) is 15.3. The number of fused-ring (bicyclic) bond motifs is 1. The third-order valence-corrected chi connectivity index (χ3v) is 9.46. The van der Waals surface area contributed by atoms with Crippen LogP contribution in [-0.2, 0) is 16.3 Å². The quantitative estimate of drug-likeness (QED) is 0.192. The van der Waals surface area contributed by atoms with Crippen molar-refractivity contribution in [2.75, 3.05) is 5.32 Å². The van der Waals surface area contributed by atoms with Crippen molar-refractivity contribution in [2.45, 2.75) is 122 Å². The van der Waals surface area contributed by atoms with Gasteiger partial charge in [0.1, 0.15) is 5.65 Å². The molecule has 2 unspecified atom stereocenters. The molecule has 0 aromatic carbocycles. The number of hydrogen-bond acceptors (Lipinski definition) is 6. The van der Waals surface area contributed by atoms with Crippen LogP contribution in [0, 0.1) is 17.8 Å². The summed E-state index contributed by atoms with van der Waals surface area (Å²) < 4.78 is 7.37. The Morgan fingerprint density at radius 1 is 1.08 bits per heavy atom. The highest BCUT2D eigenvalue weighted by atomic mass is 16.5. The number of primary amides is 1. The van der Waals surface area contributed by atoms with Crippen LogP contribution in [0.1, 0.15) is 114 Å². The maximum Gasteiger partial charge on any atom is 0.307 e. The van der Waals surface area contributed by atoms with Crippen molar-refractivity contribution in [3.63, 3.8) is 0 Å². The van der Waals surface area contributed by atoms with Crippen LogP contribution in [0.15, 0.2) is 18.5 Å². The molecule has 2 aromatic rings. The van der Waals surface area contributed by atoms with Crippen LogP contribution >= 0.6 is 0 Å². The molecule has 4 saturated carbocycles. The predicted octanol–water partition coefficient (Wildman–Crippen LogP) is 5.91. The fraction of sp³-hybridized carbons (Fsp3) is 0.710. The topological polar surface area (TPSA) is 119 Å². The lowest BCUT2D eigenvalue weighted by molar-refractivity contribution is -0.147. The lowest BCUT2D eigenvalue weighted by Crippen LogP contribution is -2.59. The van der Waals surface area contributed by atoms with E-state index in [4.69, 9.17) is 10.5 Å². The van der Waals surface area contributed by atoms with E-state index in [2.05, 4.69) is 17.2 Å². The van der Waals surface area contributed by atoms with E-state index < -0.39 is 11.5 Å². The van der Waals surface area contributed by atoms with Gasteiger partial charge in [0.2, 0.25) is 0 Å². The van der Waals surface area contributed by atoms with Crippen LogP contribution in [0.5, 0.6) is 0 Å². The minimum absolute atomic E-state index is 0.0888. The molecule has 4 N–H and O–H groups in total. The number of nitrogens with two attached hydrogens (primary N) is 1. The van der Waals surface area contributed by atoms with Gasteiger partial charge in [0, 0.05) is 30.2 Å². The Morgan fingerprint density at radius 3 is 2.38 bits per heavy atom. The van der Waals surface area contributed by atoms with Crippen LogP contribution in [0.4, 0.5) is 5.69 Å². The van der Waals surface area contributed by atoms with Crippen molar-refractivity contribution < 1.29 is 19.4 Å². The van der Waals surface area contributed by atoms with E-state index in [1.807, 2.05) is 12.3 Å². The fourth-order valence-corrected chi connectivity index (χ4v) is 7.76. The summed E-state index contributed by atoms with van der Waals surface area (Å²) in [4.78, 5) is 29.2. The standard InChI is InChI=1S/C31H46N4O4/c1-2-3-4-5-6-7-8-9-10-11-26(36)39-20-35-13-12-24-28(25(29(32)37)19-33-30(24)35)34-27-22-14-21-15-23(27)18-31(38,16-21)17-22/h12-13,19,21-23,27,38H,2-11,14-18,20H2,1H3,(H2,32,37)(H,33,34). The number of amides is 1. The number of hydrogen-bond donors (Lipinski definition) is 3. The molecule has 4 bridgehead atoms. The normalized spacial score (nSPS) is 27.2. The average Bonchev–Trinajstić information content (AvgIpc) is 3.31. The molecule has 8 nitrogen and oxygen atoms in total. The number of carbonyl (C=O) groups is 2. The first kappa shape index (κ1) is 27.9. The summed E-state index contributed by atoms with van der Waals surface area (Å²) >= 11 is 0. The predicted molar refractivity (Wildman–Crippen MR) is 152 cm³/mol. The smallest absolute Gasteiger partial charge is 0.307 e. The third kappa shape index (κ3) is 6.42. The zero-order valence-corrected chi connectivity index (χ0v) is 23.5. The molecule has 4 fully saturated rings. The SMILES string of the molecule is CCCCCCCCCCCC(=O)OCn1ccc2c(NC3C4CC5CC3CC(O)(C5)C4)c(C(N)=O)cnc21. The summed E-state index contributed by atoms with van der Waals surface area (Å²) in [6.07, 6.45) is 19.5. The summed E-state index contributed by atoms with van der Waals surface area (Å²) in [6, 6.07) is 2.11. The van der Waals surface area contributed by atoms with Gasteiger partial charge in [-0.15, -0.1) is 0 Å². The van der Waals surface area contributed by atoms with Crippen molar-refractivity contribution in [3.05, 3.63) is 24.0 Å². The summed E-state index contributed by atoms with van der Waals surface area (Å²) in [5.74, 6) is 0.654. The number of aromatic nitrogens is 2. The highest BCUT2D eigenvalue weighted by Crippen LogP contribution is 2.56. The highest BCUT2D eigenvalue weighted by Gasteiger charge is 2.54. The molecule has 4 aliphatic carbocycles. The molecule has 214 valence electrons. The van der Waals surface area contributed by atoms with Crippen molar-refractivity contribution >= 4 is 28.6 Å². The Balaban J connectivity index is 1.17. The second-order valence-electron chi connectivity index (χ2n) is 12.5. The molecule has 8 heteroatoms. The molecule has 2 aromatic heterocycles. The zero-order valence-electron chi connectivity index (χ0n) is 23.5. The minimum Gasteiger partial charge on any atom is -0.444 e. The summed E-state index contributed by atoms with van der Waals surface area (Å²) in [6.45, 7) is 2.32. The molecular weight excluding hydrogens is 492 g/mol. The number of esters is 1. The molecule has 2 heterocycles. The summed E-state index contributed by atoms with van der Waals surface area (Å²) in [7, 11) is 0. The third-order valence-electron chi connectivity index (χ3n) is 9.46. The van der Waals surface area contributed by atoms with Crippen molar-refractivity contribution in [3.8, 4) is 0 Å². The molecule has 0 saturated heterocycles. The second-order valence-corrected chi connectivity index (χ2v) is 12.5.